The number of hydrogen-bond donors (Lipinski definition) is 0. The Kier molecular flexibility index (Phi) is 6.87. The van der Waals surface area contributed by atoms with Crippen LogP contribution in [-0.4, -0.2) is 22.0 Å². The van der Waals surface area contributed by atoms with Gasteiger partial charge in [0.05, 0.1) is 15.6 Å². The van der Waals surface area contributed by atoms with Gasteiger partial charge in [0.25, 0.3) is 5.91 Å². The number of amides is 1. The highest BCUT2D eigenvalue weighted by Crippen LogP contribution is 2.40. The van der Waals surface area contributed by atoms with E-state index in [1.54, 1.807) is 24.3 Å². The molecule has 4 nitrogen and oxygen atoms in total. The second-order valence-corrected chi connectivity index (χ2v) is 10.5. The van der Waals surface area contributed by atoms with Crippen LogP contribution in [0.1, 0.15) is 38.4 Å². The summed E-state index contributed by atoms with van der Waals surface area (Å²) in [6, 6.07) is 18.9. The van der Waals surface area contributed by atoms with Crippen LogP contribution in [-0.2, 0) is 4.79 Å². The van der Waals surface area contributed by atoms with Gasteiger partial charge in [0.15, 0.2) is 5.17 Å². The molecule has 0 bridgehead atoms. The third-order valence-electron chi connectivity index (χ3n) is 6.31. The zero-order valence-electron chi connectivity index (χ0n) is 18.7. The van der Waals surface area contributed by atoms with Crippen molar-refractivity contribution >= 4 is 57.8 Å². The van der Waals surface area contributed by atoms with Crippen molar-refractivity contribution in [1.29, 1.82) is 0 Å². The molecule has 7 heteroatoms. The van der Waals surface area contributed by atoms with Crippen molar-refractivity contribution in [3.63, 3.8) is 0 Å². The van der Waals surface area contributed by atoms with Gasteiger partial charge in [-0.15, -0.1) is 0 Å². The quantitative estimate of drug-likeness (QED) is 0.330. The fourth-order valence-electron chi connectivity index (χ4n) is 4.54. The molecule has 2 atom stereocenters. The SMILES string of the molecule is C[C@H]1CCCC[C@@H]1N1C(=O)/C(=C/c2ccc(-c3cc(Cl)ccc3Cl)o2)SC1=Nc1ccccc1. The number of nitrogens with zero attached hydrogens (tertiary/aromatic N) is 2. The van der Waals surface area contributed by atoms with E-state index in [-0.39, 0.29) is 11.9 Å². The average Bonchev–Trinajstić information content (AvgIpc) is 3.41. The fourth-order valence-corrected chi connectivity index (χ4v) is 5.95. The summed E-state index contributed by atoms with van der Waals surface area (Å²) in [5, 5.41) is 1.86. The van der Waals surface area contributed by atoms with Gasteiger partial charge in [-0.05, 0) is 73.0 Å². The molecular weight excluding hydrogens is 487 g/mol. The number of benzene rings is 2. The number of halogens is 2. The Balaban J connectivity index is 1.49. The van der Waals surface area contributed by atoms with Crippen molar-refractivity contribution < 1.29 is 9.21 Å². The van der Waals surface area contributed by atoms with Crippen LogP contribution in [0, 0.1) is 5.92 Å². The fraction of sp³-hybridized carbons (Fsp3) is 0.259. The first-order chi connectivity index (χ1) is 16.5. The Morgan fingerprint density at radius 2 is 1.85 bits per heavy atom. The van der Waals surface area contributed by atoms with E-state index in [0.717, 1.165) is 30.1 Å². The topological polar surface area (TPSA) is 45.8 Å². The van der Waals surface area contributed by atoms with Gasteiger partial charge >= 0.3 is 0 Å². The number of para-hydroxylation sites is 1. The lowest BCUT2D eigenvalue weighted by Crippen LogP contribution is -2.44. The van der Waals surface area contributed by atoms with Gasteiger partial charge in [-0.1, -0.05) is 61.2 Å². The Hall–Kier alpha value is -2.47. The van der Waals surface area contributed by atoms with Gasteiger partial charge in [0, 0.05) is 22.7 Å². The molecule has 1 saturated heterocycles. The molecule has 34 heavy (non-hydrogen) atoms. The largest absolute Gasteiger partial charge is 0.457 e. The molecule has 1 aliphatic heterocycles. The van der Waals surface area contributed by atoms with Crippen molar-refractivity contribution in [2.24, 2.45) is 10.9 Å². The molecule has 1 aromatic heterocycles. The molecule has 0 N–H and O–H groups in total. The van der Waals surface area contributed by atoms with Crippen molar-refractivity contribution in [2.75, 3.05) is 0 Å². The number of carbonyl (C=O) groups is 1. The molecule has 1 aliphatic carbocycles. The van der Waals surface area contributed by atoms with Gasteiger partial charge in [-0.2, -0.15) is 0 Å². The molecule has 2 heterocycles. The first-order valence-corrected chi connectivity index (χ1v) is 13.0. The van der Waals surface area contributed by atoms with E-state index in [0.29, 0.717) is 38.0 Å². The minimum Gasteiger partial charge on any atom is -0.457 e. The predicted octanol–water partition coefficient (Wildman–Crippen LogP) is 8.44. The highest BCUT2D eigenvalue weighted by atomic mass is 35.5. The van der Waals surface area contributed by atoms with Crippen LogP contribution < -0.4 is 0 Å². The van der Waals surface area contributed by atoms with Crippen LogP contribution in [0.5, 0.6) is 0 Å². The summed E-state index contributed by atoms with van der Waals surface area (Å²) in [5.41, 5.74) is 1.55. The standard InChI is InChI=1S/C27H24Cl2N2O2S/c1-17-7-5-6-10-23(17)31-26(32)25(34-27(31)30-19-8-3-2-4-9-19)16-20-12-14-24(33-20)21-15-18(28)11-13-22(21)29/h2-4,8-9,11-17,23H,5-7,10H2,1H3/b25-16-,30-27?/t17-,23-/m0/s1. The first-order valence-electron chi connectivity index (χ1n) is 11.4. The Morgan fingerprint density at radius 3 is 2.65 bits per heavy atom. The Labute approximate surface area is 213 Å². The second kappa shape index (κ2) is 10.0. The summed E-state index contributed by atoms with van der Waals surface area (Å²) in [7, 11) is 0. The average molecular weight is 511 g/mol. The van der Waals surface area contributed by atoms with Gasteiger partial charge in [0.2, 0.25) is 0 Å². The number of aliphatic imine (C=N–C) groups is 1. The third kappa shape index (κ3) is 4.83. The molecule has 174 valence electrons. The molecule has 3 aromatic rings. The van der Waals surface area contributed by atoms with Crippen molar-refractivity contribution in [3.05, 3.63) is 81.4 Å². The maximum Gasteiger partial charge on any atom is 0.267 e. The highest BCUT2D eigenvalue weighted by molar-refractivity contribution is 8.18. The van der Waals surface area contributed by atoms with Crippen molar-refractivity contribution in [2.45, 2.75) is 38.6 Å². The van der Waals surface area contributed by atoms with Gasteiger partial charge < -0.3 is 4.42 Å². The first kappa shape index (κ1) is 23.3. The highest BCUT2D eigenvalue weighted by Gasteiger charge is 2.41. The van der Waals surface area contributed by atoms with E-state index < -0.39 is 0 Å². The van der Waals surface area contributed by atoms with Crippen molar-refractivity contribution in [3.8, 4) is 11.3 Å². The van der Waals surface area contributed by atoms with E-state index in [2.05, 4.69) is 6.92 Å². The number of rotatable bonds is 4. The lowest BCUT2D eigenvalue weighted by atomic mass is 9.85. The molecule has 2 fully saturated rings. The van der Waals surface area contributed by atoms with Crippen LogP contribution in [0.3, 0.4) is 0 Å². The zero-order valence-corrected chi connectivity index (χ0v) is 21.0. The summed E-state index contributed by atoms with van der Waals surface area (Å²) in [6.45, 7) is 2.23. The normalized spacial score (nSPS) is 23.3. The van der Waals surface area contributed by atoms with E-state index in [9.17, 15) is 4.79 Å². The lowest BCUT2D eigenvalue weighted by molar-refractivity contribution is -0.124. The van der Waals surface area contributed by atoms with Gasteiger partial charge in [-0.3, -0.25) is 9.69 Å². The molecule has 0 radical (unpaired) electrons. The number of amidine groups is 1. The van der Waals surface area contributed by atoms with E-state index in [1.165, 1.54) is 18.2 Å². The molecule has 5 rings (SSSR count). The molecule has 0 unspecified atom stereocenters. The third-order valence-corrected chi connectivity index (χ3v) is 7.86. The maximum absolute atomic E-state index is 13.6. The van der Waals surface area contributed by atoms with E-state index >= 15 is 0 Å². The second-order valence-electron chi connectivity index (χ2n) is 8.67. The van der Waals surface area contributed by atoms with E-state index in [4.69, 9.17) is 32.6 Å². The number of carbonyl (C=O) groups excluding carboxylic acids is 1. The van der Waals surface area contributed by atoms with E-state index in [1.807, 2.05) is 47.4 Å². The minimum atomic E-state index is -0.0165. The summed E-state index contributed by atoms with van der Waals surface area (Å²) in [4.78, 5) is 21.0. The van der Waals surface area contributed by atoms with Gasteiger partial charge in [-0.25, -0.2) is 4.99 Å². The molecule has 1 amide bonds. The van der Waals surface area contributed by atoms with Crippen LogP contribution in [0.4, 0.5) is 5.69 Å². The van der Waals surface area contributed by atoms with Crippen LogP contribution >= 0.6 is 35.0 Å². The van der Waals surface area contributed by atoms with Crippen LogP contribution in [0.2, 0.25) is 10.0 Å². The monoisotopic (exact) mass is 510 g/mol. The Bertz CT molecular complexity index is 1270. The minimum absolute atomic E-state index is 0.0165. The smallest absolute Gasteiger partial charge is 0.267 e. The number of hydrogen-bond acceptors (Lipinski definition) is 4. The molecule has 0 spiro atoms. The summed E-state index contributed by atoms with van der Waals surface area (Å²) in [5.74, 6) is 1.60. The van der Waals surface area contributed by atoms with Gasteiger partial charge in [0.1, 0.15) is 11.5 Å². The molecule has 1 saturated carbocycles. The molecular formula is C27H24Cl2N2O2S. The van der Waals surface area contributed by atoms with Crippen LogP contribution in [0.15, 0.2) is 75.0 Å². The maximum atomic E-state index is 13.6. The summed E-state index contributed by atoms with van der Waals surface area (Å²) >= 11 is 13.9. The molecule has 2 aliphatic rings. The number of thioether (sulfide) groups is 1. The molecule has 2 aromatic carbocycles. The summed E-state index contributed by atoms with van der Waals surface area (Å²) in [6.07, 6.45) is 6.25. The number of furan rings is 1. The van der Waals surface area contributed by atoms with Crippen molar-refractivity contribution in [1.82, 2.24) is 4.90 Å². The Morgan fingerprint density at radius 1 is 1.06 bits per heavy atom. The lowest BCUT2D eigenvalue weighted by Gasteiger charge is -2.35. The van der Waals surface area contributed by atoms with Crippen LogP contribution in [0.25, 0.3) is 17.4 Å². The predicted molar refractivity (Wildman–Crippen MR) is 142 cm³/mol. The summed E-state index contributed by atoms with van der Waals surface area (Å²) < 4.78 is 6.03. The zero-order chi connectivity index (χ0) is 23.7.